The summed E-state index contributed by atoms with van der Waals surface area (Å²) in [5.41, 5.74) is 0.647. The van der Waals surface area contributed by atoms with Gasteiger partial charge in [-0.1, -0.05) is 6.08 Å². The van der Waals surface area contributed by atoms with Gasteiger partial charge in [-0.15, -0.1) is 0 Å². The number of carboxylic acids is 1. The van der Waals surface area contributed by atoms with Crippen molar-refractivity contribution in [3.8, 4) is 0 Å². The lowest BCUT2D eigenvalue weighted by molar-refractivity contribution is -0.138. The van der Waals surface area contributed by atoms with Crippen LogP contribution in [-0.4, -0.2) is 34.5 Å². The molecule has 0 aromatic rings. The number of hydrogen-bond donors (Lipinski definition) is 1. The molecule has 0 aliphatic heterocycles. The van der Waals surface area contributed by atoms with Gasteiger partial charge in [0, 0.05) is 18.2 Å². The summed E-state index contributed by atoms with van der Waals surface area (Å²) in [6.07, 6.45) is 1.72. The van der Waals surface area contributed by atoms with Crippen molar-refractivity contribution in [2.75, 3.05) is 6.54 Å². The summed E-state index contributed by atoms with van der Waals surface area (Å²) in [6, 6.07) is 0.0201. The fraction of sp³-hybridized carbons (Fsp3) is 0.636. The predicted molar refractivity (Wildman–Crippen MR) is 58.5 cm³/mol. The Kier molecular flexibility index (Phi) is 5.67. The minimum atomic E-state index is -0.883. The van der Waals surface area contributed by atoms with E-state index in [2.05, 4.69) is 0 Å². The Morgan fingerprint density at radius 3 is 2.27 bits per heavy atom. The molecule has 1 amide bonds. The minimum Gasteiger partial charge on any atom is -0.481 e. The second-order valence-electron chi connectivity index (χ2n) is 3.71. The minimum absolute atomic E-state index is 0.0130. The van der Waals surface area contributed by atoms with Crippen LogP contribution in [0.25, 0.3) is 0 Å². The second kappa shape index (κ2) is 6.22. The lowest BCUT2D eigenvalue weighted by Crippen LogP contribution is -2.38. The molecule has 0 saturated carbocycles. The van der Waals surface area contributed by atoms with E-state index in [1.54, 1.807) is 24.8 Å². The summed E-state index contributed by atoms with van der Waals surface area (Å²) < 4.78 is 0. The number of hydrogen-bond acceptors (Lipinski definition) is 2. The summed E-state index contributed by atoms with van der Waals surface area (Å²) in [5, 5.41) is 8.57. The molecule has 0 fully saturated rings. The van der Waals surface area contributed by atoms with E-state index in [-0.39, 0.29) is 24.9 Å². The van der Waals surface area contributed by atoms with Crippen molar-refractivity contribution < 1.29 is 14.7 Å². The van der Waals surface area contributed by atoms with Gasteiger partial charge < -0.3 is 10.0 Å². The highest BCUT2D eigenvalue weighted by Gasteiger charge is 2.18. The van der Waals surface area contributed by atoms with Gasteiger partial charge in [0.25, 0.3) is 0 Å². The van der Waals surface area contributed by atoms with E-state index < -0.39 is 5.97 Å². The Morgan fingerprint density at radius 1 is 1.40 bits per heavy atom. The van der Waals surface area contributed by atoms with Crippen molar-refractivity contribution >= 4 is 11.9 Å². The first kappa shape index (κ1) is 13.7. The number of aliphatic carboxylic acids is 1. The van der Waals surface area contributed by atoms with E-state index >= 15 is 0 Å². The van der Waals surface area contributed by atoms with Crippen molar-refractivity contribution in [3.05, 3.63) is 11.6 Å². The van der Waals surface area contributed by atoms with Crippen molar-refractivity contribution in [1.29, 1.82) is 0 Å². The summed E-state index contributed by atoms with van der Waals surface area (Å²) in [4.78, 5) is 23.8. The van der Waals surface area contributed by atoms with Crippen LogP contribution in [0, 0.1) is 0 Å². The van der Waals surface area contributed by atoms with Crippen LogP contribution >= 0.6 is 0 Å². The van der Waals surface area contributed by atoms with Crippen molar-refractivity contribution in [3.63, 3.8) is 0 Å². The molecule has 1 N–H and O–H groups in total. The zero-order chi connectivity index (χ0) is 12.0. The van der Waals surface area contributed by atoms with E-state index in [4.69, 9.17) is 5.11 Å². The molecule has 0 spiro atoms. The smallest absolute Gasteiger partial charge is 0.305 e. The van der Waals surface area contributed by atoms with Gasteiger partial charge in [0.1, 0.15) is 0 Å². The maximum Gasteiger partial charge on any atom is 0.305 e. The molecule has 0 saturated heterocycles. The average molecular weight is 213 g/mol. The molecule has 0 aliphatic carbocycles. The summed E-state index contributed by atoms with van der Waals surface area (Å²) in [5.74, 6) is -0.972. The van der Waals surface area contributed by atoms with Crippen LogP contribution in [-0.2, 0) is 9.59 Å². The molecule has 0 aliphatic rings. The Labute approximate surface area is 90.6 Å². The van der Waals surface area contributed by atoms with E-state index in [9.17, 15) is 9.59 Å². The number of carboxylic acid groups (broad SMARTS) is 1. The average Bonchev–Trinajstić information content (AvgIpc) is 2.15. The highest BCUT2D eigenvalue weighted by Crippen LogP contribution is 2.07. The molecular formula is C11H19NO3. The zero-order valence-corrected chi connectivity index (χ0v) is 9.78. The molecule has 0 heterocycles. The molecule has 0 rings (SSSR count). The molecule has 0 radical (unpaired) electrons. The maximum atomic E-state index is 11.8. The van der Waals surface area contributed by atoms with Gasteiger partial charge in [-0.25, -0.2) is 0 Å². The Balaban J connectivity index is 4.53. The number of carbonyl (C=O) groups is 2. The third-order valence-corrected chi connectivity index (χ3v) is 2.22. The zero-order valence-electron chi connectivity index (χ0n) is 9.78. The first-order valence-corrected chi connectivity index (χ1v) is 5.05. The van der Waals surface area contributed by atoms with E-state index in [0.29, 0.717) is 5.57 Å². The monoisotopic (exact) mass is 213 g/mol. The third kappa shape index (κ3) is 4.63. The SMILES string of the molecule is C/C=C(\C)C(=O)N(CCC(=O)O)C(C)C. The molecule has 0 aromatic carbocycles. The molecule has 15 heavy (non-hydrogen) atoms. The van der Waals surface area contributed by atoms with Crippen LogP contribution in [0.4, 0.5) is 0 Å². The van der Waals surface area contributed by atoms with E-state index in [1.807, 2.05) is 13.8 Å². The largest absolute Gasteiger partial charge is 0.481 e. The fourth-order valence-electron chi connectivity index (χ4n) is 1.16. The number of allylic oxidation sites excluding steroid dienone is 1. The molecule has 0 bridgehead atoms. The summed E-state index contributed by atoms with van der Waals surface area (Å²) >= 11 is 0. The Bertz CT molecular complexity index is 269. The van der Waals surface area contributed by atoms with Gasteiger partial charge in [-0.2, -0.15) is 0 Å². The van der Waals surface area contributed by atoms with Gasteiger partial charge in [0.15, 0.2) is 0 Å². The predicted octanol–water partition coefficient (Wildman–Crippen LogP) is 1.66. The molecule has 4 heteroatoms. The molecule has 86 valence electrons. The van der Waals surface area contributed by atoms with Crippen LogP contribution < -0.4 is 0 Å². The van der Waals surface area contributed by atoms with Crippen LogP contribution in [0.5, 0.6) is 0 Å². The molecule has 4 nitrogen and oxygen atoms in total. The van der Waals surface area contributed by atoms with Gasteiger partial charge >= 0.3 is 5.97 Å². The standard InChI is InChI=1S/C11H19NO3/c1-5-9(4)11(15)12(8(2)3)7-6-10(13)14/h5,8H,6-7H2,1-4H3,(H,13,14)/b9-5+. The highest BCUT2D eigenvalue weighted by molar-refractivity contribution is 5.93. The molecule has 0 aromatic heterocycles. The molecule has 0 unspecified atom stereocenters. The van der Waals surface area contributed by atoms with Crippen molar-refractivity contribution in [2.24, 2.45) is 0 Å². The number of rotatable bonds is 5. The van der Waals surface area contributed by atoms with Gasteiger partial charge in [0.05, 0.1) is 6.42 Å². The van der Waals surface area contributed by atoms with Gasteiger partial charge in [-0.05, 0) is 27.7 Å². The second-order valence-corrected chi connectivity index (χ2v) is 3.71. The quantitative estimate of drug-likeness (QED) is 0.707. The van der Waals surface area contributed by atoms with Crippen LogP contribution in [0.15, 0.2) is 11.6 Å². The van der Waals surface area contributed by atoms with E-state index in [0.717, 1.165) is 0 Å². The first-order valence-electron chi connectivity index (χ1n) is 5.05. The van der Waals surface area contributed by atoms with Crippen molar-refractivity contribution in [1.82, 2.24) is 4.90 Å². The lowest BCUT2D eigenvalue weighted by Gasteiger charge is -2.26. The van der Waals surface area contributed by atoms with E-state index in [1.165, 1.54) is 0 Å². The van der Waals surface area contributed by atoms with Crippen LogP contribution in [0.2, 0.25) is 0 Å². The van der Waals surface area contributed by atoms with Gasteiger partial charge in [-0.3, -0.25) is 9.59 Å². The number of carbonyl (C=O) groups excluding carboxylic acids is 1. The Morgan fingerprint density at radius 2 is 1.93 bits per heavy atom. The number of amides is 1. The topological polar surface area (TPSA) is 57.6 Å². The highest BCUT2D eigenvalue weighted by atomic mass is 16.4. The van der Waals surface area contributed by atoms with Crippen LogP contribution in [0.1, 0.15) is 34.1 Å². The van der Waals surface area contributed by atoms with Crippen molar-refractivity contribution in [2.45, 2.75) is 40.2 Å². The fourth-order valence-corrected chi connectivity index (χ4v) is 1.16. The van der Waals surface area contributed by atoms with Crippen LogP contribution in [0.3, 0.4) is 0 Å². The lowest BCUT2D eigenvalue weighted by atomic mass is 10.2. The normalized spacial score (nSPS) is 11.7. The molecule has 0 atom stereocenters. The van der Waals surface area contributed by atoms with Gasteiger partial charge in [0.2, 0.25) is 5.91 Å². The number of nitrogens with zero attached hydrogens (tertiary/aromatic N) is 1. The molecular weight excluding hydrogens is 194 g/mol. The Hall–Kier alpha value is -1.32. The third-order valence-electron chi connectivity index (χ3n) is 2.22. The summed E-state index contributed by atoms with van der Waals surface area (Å²) in [6.45, 7) is 7.55. The first-order chi connectivity index (χ1) is 6.90. The summed E-state index contributed by atoms with van der Waals surface area (Å²) in [7, 11) is 0. The maximum absolute atomic E-state index is 11.8.